The van der Waals surface area contributed by atoms with E-state index in [9.17, 15) is 0 Å². The molecule has 0 spiro atoms. The van der Waals surface area contributed by atoms with E-state index in [1.54, 1.807) is 0 Å². The summed E-state index contributed by atoms with van der Waals surface area (Å²) in [6, 6.07) is 17.2. The van der Waals surface area contributed by atoms with E-state index in [0.29, 0.717) is 0 Å². The predicted octanol–water partition coefficient (Wildman–Crippen LogP) is 4.61. The van der Waals surface area contributed by atoms with Gasteiger partial charge >= 0.3 is 0 Å². The van der Waals surface area contributed by atoms with Crippen LogP contribution in [0.2, 0.25) is 0 Å². The molecule has 23 heavy (non-hydrogen) atoms. The molecular formula is C17H16N2S4+2. The summed E-state index contributed by atoms with van der Waals surface area (Å²) in [5.41, 5.74) is 2.63. The van der Waals surface area contributed by atoms with Crippen LogP contribution in [0.15, 0.2) is 57.2 Å². The van der Waals surface area contributed by atoms with Gasteiger partial charge in [-0.1, -0.05) is 46.9 Å². The van der Waals surface area contributed by atoms with Gasteiger partial charge in [0.2, 0.25) is 11.0 Å². The fourth-order valence-electron chi connectivity index (χ4n) is 2.55. The molecule has 0 atom stereocenters. The van der Waals surface area contributed by atoms with E-state index in [1.165, 1.54) is 29.1 Å². The van der Waals surface area contributed by atoms with Crippen molar-refractivity contribution in [3.05, 3.63) is 48.5 Å². The van der Waals surface area contributed by atoms with Crippen LogP contribution < -0.4 is 9.13 Å². The average molecular weight is 377 g/mol. The van der Waals surface area contributed by atoms with Crippen molar-refractivity contribution in [3.8, 4) is 0 Å². The number of nitrogens with zero attached hydrogens (tertiary/aromatic N) is 2. The highest BCUT2D eigenvalue weighted by molar-refractivity contribution is 8.17. The minimum absolute atomic E-state index is 1.03. The molecule has 4 aromatic rings. The topological polar surface area (TPSA) is 7.76 Å². The Balaban J connectivity index is 1.52. The van der Waals surface area contributed by atoms with Crippen molar-refractivity contribution >= 4 is 66.6 Å². The molecule has 0 aliphatic heterocycles. The lowest BCUT2D eigenvalue weighted by molar-refractivity contribution is -0.677. The molecule has 0 unspecified atom stereocenters. The maximum absolute atomic E-state index is 2.30. The first kappa shape index (κ1) is 15.4. The average Bonchev–Trinajstić information content (AvgIpc) is 3.07. The van der Waals surface area contributed by atoms with Gasteiger partial charge in [0.25, 0.3) is 8.68 Å². The number of thioether (sulfide) groups is 2. The second kappa shape index (κ2) is 6.43. The van der Waals surface area contributed by atoms with Crippen molar-refractivity contribution in [1.82, 2.24) is 0 Å². The molecule has 4 rings (SSSR count). The summed E-state index contributed by atoms with van der Waals surface area (Å²) in [6.07, 6.45) is 0. The molecule has 0 amide bonds. The first-order valence-electron chi connectivity index (χ1n) is 7.25. The van der Waals surface area contributed by atoms with Gasteiger partial charge in [-0.25, -0.2) is 0 Å². The van der Waals surface area contributed by atoms with Crippen LogP contribution in [-0.2, 0) is 14.1 Å². The van der Waals surface area contributed by atoms with Crippen LogP contribution in [0.4, 0.5) is 0 Å². The van der Waals surface area contributed by atoms with Crippen LogP contribution in [-0.4, -0.2) is 5.08 Å². The molecule has 116 valence electrons. The maximum atomic E-state index is 2.30. The van der Waals surface area contributed by atoms with Crippen LogP contribution in [0.3, 0.4) is 0 Å². The SMILES string of the molecule is C[n+]1c(SCSc2sc3ccccc3[n+]2C)sc2ccccc21. The van der Waals surface area contributed by atoms with Crippen LogP contribution in [0.1, 0.15) is 0 Å². The van der Waals surface area contributed by atoms with Crippen LogP contribution in [0, 0.1) is 0 Å². The van der Waals surface area contributed by atoms with E-state index >= 15 is 0 Å². The van der Waals surface area contributed by atoms with Crippen LogP contribution in [0.25, 0.3) is 20.4 Å². The molecule has 0 N–H and O–H groups in total. The van der Waals surface area contributed by atoms with Crippen LogP contribution in [0.5, 0.6) is 0 Å². The third-order valence-electron chi connectivity index (χ3n) is 3.76. The van der Waals surface area contributed by atoms with Gasteiger partial charge in [-0.3, -0.25) is 0 Å². The number of aromatic nitrogens is 2. The molecule has 0 saturated heterocycles. The molecule has 6 heteroatoms. The fourth-order valence-corrected chi connectivity index (χ4v) is 7.81. The maximum Gasteiger partial charge on any atom is 0.299 e. The molecule has 0 bridgehead atoms. The smallest absolute Gasteiger partial charge is 0.179 e. The number of fused-ring (bicyclic) bond motifs is 2. The first-order chi connectivity index (χ1) is 11.2. The standard InChI is InChI=1S/C17H16N2S4/c1-18-12-7-3-5-9-14(12)22-16(18)20-11-21-17-19(2)13-8-4-6-10-15(13)23-17/h3-10H,11H2,1-2H3/q+2. The first-order valence-corrected chi connectivity index (χ1v) is 10.8. The summed E-state index contributed by atoms with van der Waals surface area (Å²) < 4.78 is 10.0. The molecule has 0 fully saturated rings. The van der Waals surface area contributed by atoms with Gasteiger partial charge < -0.3 is 0 Å². The lowest BCUT2D eigenvalue weighted by Crippen LogP contribution is -2.28. The zero-order valence-electron chi connectivity index (χ0n) is 12.9. The van der Waals surface area contributed by atoms with E-state index in [2.05, 4.69) is 71.8 Å². The largest absolute Gasteiger partial charge is 0.299 e. The Bertz CT molecular complexity index is 907. The highest BCUT2D eigenvalue weighted by Crippen LogP contribution is 2.34. The number of rotatable bonds is 4. The second-order valence-electron chi connectivity index (χ2n) is 5.20. The number of hydrogen-bond donors (Lipinski definition) is 0. The lowest BCUT2D eigenvalue weighted by Gasteiger charge is -1.93. The van der Waals surface area contributed by atoms with Gasteiger partial charge in [-0.15, -0.1) is 0 Å². The van der Waals surface area contributed by atoms with E-state index in [0.717, 1.165) is 5.08 Å². The molecule has 0 radical (unpaired) electrons. The predicted molar refractivity (Wildman–Crippen MR) is 103 cm³/mol. The third-order valence-corrected chi connectivity index (χ3v) is 8.98. The molecule has 0 aliphatic carbocycles. The summed E-state index contributed by atoms with van der Waals surface area (Å²) in [4.78, 5) is 0. The molecule has 2 heterocycles. The van der Waals surface area contributed by atoms with Crippen molar-refractivity contribution in [1.29, 1.82) is 0 Å². The van der Waals surface area contributed by atoms with Crippen molar-refractivity contribution in [2.45, 2.75) is 8.68 Å². The lowest BCUT2D eigenvalue weighted by atomic mass is 10.3. The Labute approximate surface area is 151 Å². The van der Waals surface area contributed by atoms with Gasteiger partial charge in [0.1, 0.15) is 23.5 Å². The Hall–Kier alpha value is -1.08. The normalized spacial score (nSPS) is 11.6. The van der Waals surface area contributed by atoms with E-state index in [4.69, 9.17) is 0 Å². The van der Waals surface area contributed by atoms with Crippen LogP contribution >= 0.6 is 46.2 Å². The summed E-state index contributed by atoms with van der Waals surface area (Å²) in [6.45, 7) is 0. The summed E-state index contributed by atoms with van der Waals surface area (Å²) in [7, 11) is 4.32. The molecule has 2 aromatic heterocycles. The molecule has 0 saturated carbocycles. The van der Waals surface area contributed by atoms with Gasteiger partial charge in [0.15, 0.2) is 0 Å². The summed E-state index contributed by atoms with van der Waals surface area (Å²) in [5.74, 6) is 0. The summed E-state index contributed by atoms with van der Waals surface area (Å²) in [5, 5.41) is 1.03. The Morgan fingerprint density at radius 1 is 0.739 bits per heavy atom. The van der Waals surface area contributed by atoms with Crippen molar-refractivity contribution in [2.24, 2.45) is 14.1 Å². The van der Waals surface area contributed by atoms with E-state index < -0.39 is 0 Å². The van der Waals surface area contributed by atoms with E-state index in [-0.39, 0.29) is 0 Å². The van der Waals surface area contributed by atoms with E-state index in [1.807, 2.05) is 46.2 Å². The number of hydrogen-bond acceptors (Lipinski definition) is 4. The molecule has 2 nitrogen and oxygen atoms in total. The quantitative estimate of drug-likeness (QED) is 0.292. The number of thiazole rings is 2. The molecular weight excluding hydrogens is 360 g/mol. The molecule has 0 aliphatic rings. The van der Waals surface area contributed by atoms with Crippen molar-refractivity contribution in [2.75, 3.05) is 5.08 Å². The Morgan fingerprint density at radius 2 is 1.17 bits per heavy atom. The number of aryl methyl sites for hydroxylation is 2. The molecule has 2 aromatic carbocycles. The van der Waals surface area contributed by atoms with Gasteiger partial charge in [-0.2, -0.15) is 9.13 Å². The zero-order chi connectivity index (χ0) is 15.8. The van der Waals surface area contributed by atoms with Gasteiger partial charge in [0.05, 0.1) is 5.08 Å². The Morgan fingerprint density at radius 3 is 1.61 bits per heavy atom. The second-order valence-corrected chi connectivity index (χ2v) is 10.1. The van der Waals surface area contributed by atoms with Gasteiger partial charge in [0, 0.05) is 12.1 Å². The van der Waals surface area contributed by atoms with Crippen molar-refractivity contribution < 1.29 is 9.13 Å². The minimum atomic E-state index is 1.03. The van der Waals surface area contributed by atoms with Gasteiger partial charge in [-0.05, 0) is 35.7 Å². The minimum Gasteiger partial charge on any atom is -0.179 e. The zero-order valence-corrected chi connectivity index (χ0v) is 16.1. The fraction of sp³-hybridized carbons (Fsp3) is 0.176. The highest BCUT2D eigenvalue weighted by Gasteiger charge is 2.20. The Kier molecular flexibility index (Phi) is 4.32. The highest BCUT2D eigenvalue weighted by atomic mass is 32.2. The van der Waals surface area contributed by atoms with Crippen molar-refractivity contribution in [3.63, 3.8) is 0 Å². The number of benzene rings is 2. The monoisotopic (exact) mass is 376 g/mol. The third kappa shape index (κ3) is 2.89. The summed E-state index contributed by atoms with van der Waals surface area (Å²) >= 11 is 7.60. The number of para-hydroxylation sites is 2.